The third-order valence-electron chi connectivity index (χ3n) is 2.49. The zero-order valence-corrected chi connectivity index (χ0v) is 11.3. The molecule has 0 saturated carbocycles. The van der Waals surface area contributed by atoms with Crippen LogP contribution in [-0.2, 0) is 10.0 Å². The van der Waals surface area contributed by atoms with Crippen molar-refractivity contribution in [3.05, 3.63) is 29.0 Å². The van der Waals surface area contributed by atoms with Crippen LogP contribution in [0.4, 0.5) is 4.39 Å². The Labute approximate surface area is 106 Å². The van der Waals surface area contributed by atoms with Crippen LogP contribution in [0.15, 0.2) is 23.1 Å². The van der Waals surface area contributed by atoms with E-state index in [2.05, 4.69) is 4.72 Å². The van der Waals surface area contributed by atoms with Gasteiger partial charge in [-0.1, -0.05) is 25.4 Å². The first-order valence-electron chi connectivity index (χ1n) is 5.38. The highest BCUT2D eigenvalue weighted by molar-refractivity contribution is 7.89. The first-order chi connectivity index (χ1) is 7.90. The molecule has 0 amide bonds. The van der Waals surface area contributed by atoms with Crippen molar-refractivity contribution in [3.63, 3.8) is 0 Å². The summed E-state index contributed by atoms with van der Waals surface area (Å²) in [6.45, 7) is 3.78. The van der Waals surface area contributed by atoms with Crippen LogP contribution in [0.25, 0.3) is 0 Å². The van der Waals surface area contributed by atoms with E-state index in [1.807, 2.05) is 13.8 Å². The molecule has 0 unspecified atom stereocenters. The van der Waals surface area contributed by atoms with Crippen molar-refractivity contribution < 1.29 is 12.8 Å². The minimum absolute atomic E-state index is 0.0903. The Kier molecular flexibility index (Phi) is 4.91. The molecule has 0 atom stereocenters. The van der Waals surface area contributed by atoms with Crippen molar-refractivity contribution in [1.82, 2.24) is 4.72 Å². The van der Waals surface area contributed by atoms with Gasteiger partial charge < -0.3 is 0 Å². The largest absolute Gasteiger partial charge is 0.242 e. The molecule has 0 heterocycles. The van der Waals surface area contributed by atoms with E-state index < -0.39 is 15.8 Å². The molecule has 0 spiro atoms. The van der Waals surface area contributed by atoms with Gasteiger partial charge in [0.05, 0.1) is 5.02 Å². The molecule has 3 nitrogen and oxygen atoms in total. The van der Waals surface area contributed by atoms with Crippen molar-refractivity contribution in [3.8, 4) is 0 Å². The second-order valence-electron chi connectivity index (χ2n) is 3.71. The average molecular weight is 280 g/mol. The smallest absolute Gasteiger partial charge is 0.208 e. The van der Waals surface area contributed by atoms with E-state index in [1.165, 1.54) is 6.07 Å². The highest BCUT2D eigenvalue weighted by Gasteiger charge is 2.21. The van der Waals surface area contributed by atoms with Gasteiger partial charge in [-0.25, -0.2) is 17.5 Å². The Hall–Kier alpha value is -0.650. The fraction of sp³-hybridized carbons (Fsp3) is 0.455. The Morgan fingerprint density at radius 1 is 1.35 bits per heavy atom. The lowest BCUT2D eigenvalue weighted by Crippen LogP contribution is -2.34. The molecule has 0 radical (unpaired) electrons. The van der Waals surface area contributed by atoms with Gasteiger partial charge >= 0.3 is 0 Å². The number of hydrogen-bond acceptors (Lipinski definition) is 2. The van der Waals surface area contributed by atoms with Crippen LogP contribution in [0.5, 0.6) is 0 Å². The maximum Gasteiger partial charge on any atom is 0.242 e. The molecule has 1 aromatic rings. The summed E-state index contributed by atoms with van der Waals surface area (Å²) in [6, 6.07) is 3.10. The van der Waals surface area contributed by atoms with Crippen LogP contribution in [0.3, 0.4) is 0 Å². The summed E-state index contributed by atoms with van der Waals surface area (Å²) in [4.78, 5) is -0.0903. The Bertz CT molecular complexity index is 486. The predicted molar refractivity (Wildman–Crippen MR) is 66.1 cm³/mol. The van der Waals surface area contributed by atoms with Crippen LogP contribution in [-0.4, -0.2) is 14.5 Å². The summed E-state index contributed by atoms with van der Waals surface area (Å²) in [5.74, 6) is -0.559. The Morgan fingerprint density at radius 3 is 2.41 bits per heavy atom. The first kappa shape index (κ1) is 14.4. The van der Waals surface area contributed by atoms with Crippen molar-refractivity contribution in [1.29, 1.82) is 0 Å². The monoisotopic (exact) mass is 279 g/mol. The minimum atomic E-state index is -3.68. The van der Waals surface area contributed by atoms with Gasteiger partial charge in [0, 0.05) is 6.04 Å². The number of sulfonamides is 1. The topological polar surface area (TPSA) is 46.2 Å². The quantitative estimate of drug-likeness (QED) is 0.901. The number of halogens is 2. The maximum absolute atomic E-state index is 12.8. The second kappa shape index (κ2) is 5.80. The van der Waals surface area contributed by atoms with E-state index >= 15 is 0 Å². The van der Waals surface area contributed by atoms with Gasteiger partial charge in [0.1, 0.15) is 10.7 Å². The zero-order valence-electron chi connectivity index (χ0n) is 9.70. The van der Waals surface area contributed by atoms with Gasteiger partial charge in [0.25, 0.3) is 0 Å². The molecule has 17 heavy (non-hydrogen) atoms. The molecule has 6 heteroatoms. The number of benzene rings is 1. The van der Waals surface area contributed by atoms with Crippen LogP contribution < -0.4 is 4.72 Å². The van der Waals surface area contributed by atoms with E-state index in [0.717, 1.165) is 12.1 Å². The van der Waals surface area contributed by atoms with E-state index in [-0.39, 0.29) is 16.0 Å². The molecule has 0 aromatic heterocycles. The summed E-state index contributed by atoms with van der Waals surface area (Å²) < 4.78 is 39.3. The molecule has 1 rings (SSSR count). The maximum atomic E-state index is 12.8. The van der Waals surface area contributed by atoms with Crippen molar-refractivity contribution in [2.24, 2.45) is 0 Å². The van der Waals surface area contributed by atoms with Gasteiger partial charge in [-0.2, -0.15) is 0 Å². The standard InChI is InChI=1S/C11H15ClFNO2S/c1-3-9(4-2)14-17(15,16)11-6-5-8(13)7-10(11)12/h5-7,9,14H,3-4H2,1-2H3. The Morgan fingerprint density at radius 2 is 1.94 bits per heavy atom. The van der Waals surface area contributed by atoms with Crippen molar-refractivity contribution in [2.75, 3.05) is 0 Å². The summed E-state index contributed by atoms with van der Waals surface area (Å²) in [7, 11) is -3.68. The van der Waals surface area contributed by atoms with Crippen LogP contribution in [0, 0.1) is 5.82 Å². The van der Waals surface area contributed by atoms with E-state index in [4.69, 9.17) is 11.6 Å². The van der Waals surface area contributed by atoms with Crippen molar-refractivity contribution >= 4 is 21.6 Å². The molecule has 96 valence electrons. The van der Waals surface area contributed by atoms with Gasteiger partial charge in [0.15, 0.2) is 0 Å². The molecular formula is C11H15ClFNO2S. The summed E-state index contributed by atoms with van der Waals surface area (Å²) >= 11 is 5.72. The lowest BCUT2D eigenvalue weighted by molar-refractivity contribution is 0.530. The van der Waals surface area contributed by atoms with E-state index in [0.29, 0.717) is 12.8 Å². The highest BCUT2D eigenvalue weighted by atomic mass is 35.5. The molecule has 0 aliphatic rings. The van der Waals surface area contributed by atoms with E-state index in [1.54, 1.807) is 0 Å². The van der Waals surface area contributed by atoms with Gasteiger partial charge in [-0.15, -0.1) is 0 Å². The summed E-state index contributed by atoms with van der Waals surface area (Å²) in [5, 5.41) is -0.108. The second-order valence-corrected chi connectivity index (χ2v) is 5.80. The summed E-state index contributed by atoms with van der Waals surface area (Å²) in [5.41, 5.74) is 0. The lowest BCUT2D eigenvalue weighted by atomic mass is 10.2. The highest BCUT2D eigenvalue weighted by Crippen LogP contribution is 2.22. The normalized spacial score (nSPS) is 12.1. The van der Waals surface area contributed by atoms with Crippen molar-refractivity contribution in [2.45, 2.75) is 37.6 Å². The molecule has 0 aliphatic carbocycles. The SMILES string of the molecule is CCC(CC)NS(=O)(=O)c1ccc(F)cc1Cl. The molecule has 0 bridgehead atoms. The van der Waals surface area contributed by atoms with Crippen LogP contribution in [0.1, 0.15) is 26.7 Å². The molecule has 0 saturated heterocycles. The fourth-order valence-electron chi connectivity index (χ4n) is 1.43. The van der Waals surface area contributed by atoms with Gasteiger partial charge in [0.2, 0.25) is 10.0 Å². The number of hydrogen-bond donors (Lipinski definition) is 1. The number of rotatable bonds is 5. The molecule has 1 N–H and O–H groups in total. The average Bonchev–Trinajstić information content (AvgIpc) is 2.25. The van der Waals surface area contributed by atoms with Crippen LogP contribution in [0.2, 0.25) is 5.02 Å². The summed E-state index contributed by atoms with van der Waals surface area (Å²) in [6.07, 6.45) is 1.38. The van der Waals surface area contributed by atoms with Crippen LogP contribution >= 0.6 is 11.6 Å². The third-order valence-corrected chi connectivity index (χ3v) is 4.49. The lowest BCUT2D eigenvalue weighted by Gasteiger charge is -2.15. The van der Waals surface area contributed by atoms with Gasteiger partial charge in [-0.3, -0.25) is 0 Å². The third kappa shape index (κ3) is 3.66. The fourth-order valence-corrected chi connectivity index (χ4v) is 3.37. The Balaban J connectivity index is 3.05. The molecule has 0 aliphatic heterocycles. The first-order valence-corrected chi connectivity index (χ1v) is 7.24. The zero-order chi connectivity index (χ0) is 13.1. The predicted octanol–water partition coefficient (Wildman–Crippen LogP) is 2.95. The minimum Gasteiger partial charge on any atom is -0.208 e. The molecule has 0 fully saturated rings. The van der Waals surface area contributed by atoms with E-state index in [9.17, 15) is 12.8 Å². The molecule has 1 aromatic carbocycles. The number of nitrogens with one attached hydrogen (secondary N) is 1. The van der Waals surface area contributed by atoms with Gasteiger partial charge in [-0.05, 0) is 31.0 Å². The molecular weight excluding hydrogens is 265 g/mol.